The van der Waals surface area contributed by atoms with Crippen LogP contribution in [0.3, 0.4) is 0 Å². The summed E-state index contributed by atoms with van der Waals surface area (Å²) in [6.45, 7) is 2.26. The molecule has 0 fully saturated rings. The maximum atomic E-state index is 13.2. The van der Waals surface area contributed by atoms with Crippen LogP contribution >= 0.6 is 0 Å². The van der Waals surface area contributed by atoms with E-state index < -0.39 is 12.1 Å². The van der Waals surface area contributed by atoms with Crippen molar-refractivity contribution in [2.75, 3.05) is 13.1 Å². The molecule has 0 bridgehead atoms. The Morgan fingerprint density at radius 1 is 1.14 bits per heavy atom. The summed E-state index contributed by atoms with van der Waals surface area (Å²) in [5, 5.41) is 20.5. The van der Waals surface area contributed by atoms with E-state index in [0.717, 1.165) is 11.1 Å². The van der Waals surface area contributed by atoms with Gasteiger partial charge in [-0.15, -0.1) is 0 Å². The molecule has 150 valence electrons. The fourth-order valence-corrected chi connectivity index (χ4v) is 2.81. The number of halogens is 1. The van der Waals surface area contributed by atoms with Crippen LogP contribution in [0.4, 0.5) is 4.39 Å². The number of hydrogen-bond acceptors (Lipinski definition) is 4. The molecule has 7 heteroatoms. The van der Waals surface area contributed by atoms with Gasteiger partial charge in [-0.2, -0.15) is 0 Å². The highest BCUT2D eigenvalue weighted by Gasteiger charge is 2.11. The van der Waals surface area contributed by atoms with Crippen LogP contribution in [0.25, 0.3) is 0 Å². The normalized spacial score (nSPS) is 11.8. The third kappa shape index (κ3) is 7.09. The van der Waals surface area contributed by atoms with Gasteiger partial charge in [-0.1, -0.05) is 24.3 Å². The minimum absolute atomic E-state index is 0.151. The number of aromatic carboxylic acids is 1. The largest absolute Gasteiger partial charge is 0.478 e. The molecule has 3 N–H and O–H groups in total. The van der Waals surface area contributed by atoms with Crippen molar-refractivity contribution in [1.29, 1.82) is 0 Å². The third-order valence-corrected chi connectivity index (χ3v) is 4.35. The molecule has 2 aromatic carbocycles. The van der Waals surface area contributed by atoms with E-state index in [1.807, 2.05) is 0 Å². The number of carbonyl (C=O) groups is 2. The minimum atomic E-state index is -0.977. The SMILES string of the molecule is CC(=O)N(CCc1ccc(C(=O)O)cc1)NCCC(O)Cc1cccc(F)c1. The average Bonchev–Trinajstić information content (AvgIpc) is 2.64. The molecule has 2 aromatic rings. The van der Waals surface area contributed by atoms with Crippen molar-refractivity contribution in [2.24, 2.45) is 0 Å². The maximum absolute atomic E-state index is 13.2. The number of aliphatic hydroxyl groups excluding tert-OH is 1. The molecule has 0 aliphatic carbocycles. The highest BCUT2D eigenvalue weighted by molar-refractivity contribution is 5.87. The summed E-state index contributed by atoms with van der Waals surface area (Å²) >= 11 is 0. The van der Waals surface area contributed by atoms with Crippen molar-refractivity contribution in [3.8, 4) is 0 Å². The number of nitrogens with zero attached hydrogens (tertiary/aromatic N) is 1. The second-order valence-electron chi connectivity index (χ2n) is 6.61. The topological polar surface area (TPSA) is 89.9 Å². The molecule has 1 amide bonds. The molecule has 1 unspecified atom stereocenters. The lowest BCUT2D eigenvalue weighted by atomic mass is 10.1. The third-order valence-electron chi connectivity index (χ3n) is 4.35. The van der Waals surface area contributed by atoms with Crippen LogP contribution in [0.1, 0.15) is 34.8 Å². The van der Waals surface area contributed by atoms with E-state index in [-0.39, 0.29) is 17.3 Å². The van der Waals surface area contributed by atoms with Crippen LogP contribution in [0.2, 0.25) is 0 Å². The predicted molar refractivity (Wildman–Crippen MR) is 103 cm³/mol. The van der Waals surface area contributed by atoms with Gasteiger partial charge in [0.15, 0.2) is 0 Å². The number of rotatable bonds is 10. The summed E-state index contributed by atoms with van der Waals surface area (Å²) in [7, 11) is 0. The van der Waals surface area contributed by atoms with Crippen LogP contribution in [-0.4, -0.2) is 46.3 Å². The number of nitrogens with one attached hydrogen (secondary N) is 1. The van der Waals surface area contributed by atoms with E-state index in [2.05, 4.69) is 5.43 Å². The Balaban J connectivity index is 1.77. The Bertz CT molecular complexity index is 795. The monoisotopic (exact) mass is 388 g/mol. The average molecular weight is 388 g/mol. The minimum Gasteiger partial charge on any atom is -0.478 e. The summed E-state index contributed by atoms with van der Waals surface area (Å²) in [5.41, 5.74) is 4.87. The number of hydrogen-bond donors (Lipinski definition) is 3. The predicted octanol–water partition coefficient (Wildman–Crippen LogP) is 2.41. The van der Waals surface area contributed by atoms with Crippen LogP contribution < -0.4 is 5.43 Å². The van der Waals surface area contributed by atoms with Gasteiger partial charge in [0.2, 0.25) is 5.91 Å². The second-order valence-corrected chi connectivity index (χ2v) is 6.61. The van der Waals surface area contributed by atoms with E-state index >= 15 is 0 Å². The Morgan fingerprint density at radius 3 is 2.46 bits per heavy atom. The molecule has 1 atom stereocenters. The van der Waals surface area contributed by atoms with Crippen LogP contribution in [-0.2, 0) is 17.6 Å². The first-order valence-electron chi connectivity index (χ1n) is 9.11. The number of carbonyl (C=O) groups excluding carboxylic acids is 1. The number of hydrazine groups is 1. The van der Waals surface area contributed by atoms with Gasteiger partial charge >= 0.3 is 5.97 Å². The zero-order valence-electron chi connectivity index (χ0n) is 15.8. The van der Waals surface area contributed by atoms with E-state index in [9.17, 15) is 19.1 Å². The maximum Gasteiger partial charge on any atom is 0.335 e. The van der Waals surface area contributed by atoms with Crippen molar-refractivity contribution in [3.63, 3.8) is 0 Å². The Labute approximate surface area is 163 Å². The Kier molecular flexibility index (Phi) is 8.10. The number of carboxylic acids is 1. The van der Waals surface area contributed by atoms with E-state index in [1.165, 1.54) is 36.2 Å². The number of carboxylic acid groups (broad SMARTS) is 1. The molecule has 0 saturated heterocycles. The molecule has 0 aliphatic rings. The lowest BCUT2D eigenvalue weighted by Gasteiger charge is -2.23. The first kappa shape index (κ1) is 21.5. The fraction of sp³-hybridized carbons (Fsp3) is 0.333. The highest BCUT2D eigenvalue weighted by Crippen LogP contribution is 2.09. The lowest BCUT2D eigenvalue weighted by molar-refractivity contribution is -0.132. The molecular formula is C21H25FN2O4. The quantitative estimate of drug-likeness (QED) is 0.544. The van der Waals surface area contributed by atoms with Crippen LogP contribution in [0.15, 0.2) is 48.5 Å². The number of aliphatic hydroxyl groups is 1. The molecule has 6 nitrogen and oxygen atoms in total. The smallest absolute Gasteiger partial charge is 0.335 e. The zero-order valence-corrected chi connectivity index (χ0v) is 15.8. The van der Waals surface area contributed by atoms with Crippen molar-refractivity contribution >= 4 is 11.9 Å². The molecule has 2 rings (SSSR count). The Morgan fingerprint density at radius 2 is 1.86 bits per heavy atom. The summed E-state index contributed by atoms with van der Waals surface area (Å²) in [6.07, 6.45) is 0.674. The van der Waals surface area contributed by atoms with Gasteiger partial charge in [0, 0.05) is 20.0 Å². The first-order chi connectivity index (χ1) is 13.3. The zero-order chi connectivity index (χ0) is 20.5. The molecular weight excluding hydrogens is 363 g/mol. The van der Waals surface area contributed by atoms with Crippen molar-refractivity contribution in [3.05, 3.63) is 71.0 Å². The number of benzene rings is 2. The summed E-state index contributed by atoms with van der Waals surface area (Å²) in [5.74, 6) is -1.46. The van der Waals surface area contributed by atoms with Gasteiger partial charge in [0.25, 0.3) is 0 Å². The summed E-state index contributed by atoms with van der Waals surface area (Å²) in [4.78, 5) is 22.7. The molecule has 0 heterocycles. The van der Waals surface area contributed by atoms with E-state index in [0.29, 0.717) is 32.4 Å². The van der Waals surface area contributed by atoms with Gasteiger partial charge in [0.1, 0.15) is 5.82 Å². The first-order valence-corrected chi connectivity index (χ1v) is 9.11. The van der Waals surface area contributed by atoms with Crippen molar-refractivity contribution in [1.82, 2.24) is 10.4 Å². The second kappa shape index (κ2) is 10.5. The summed E-state index contributed by atoms with van der Waals surface area (Å²) in [6, 6.07) is 12.6. The van der Waals surface area contributed by atoms with Crippen LogP contribution in [0.5, 0.6) is 0 Å². The van der Waals surface area contributed by atoms with Gasteiger partial charge in [-0.25, -0.2) is 14.6 Å². The van der Waals surface area contributed by atoms with Crippen molar-refractivity contribution < 1.29 is 24.2 Å². The lowest BCUT2D eigenvalue weighted by Crippen LogP contribution is -2.44. The molecule has 0 aliphatic heterocycles. The van der Waals surface area contributed by atoms with E-state index in [4.69, 9.17) is 5.11 Å². The fourth-order valence-electron chi connectivity index (χ4n) is 2.81. The van der Waals surface area contributed by atoms with E-state index in [1.54, 1.807) is 24.3 Å². The molecule has 28 heavy (non-hydrogen) atoms. The molecule has 0 aromatic heterocycles. The van der Waals surface area contributed by atoms with Gasteiger partial charge in [0.05, 0.1) is 11.7 Å². The summed E-state index contributed by atoms with van der Waals surface area (Å²) < 4.78 is 13.2. The van der Waals surface area contributed by atoms with Gasteiger partial charge < -0.3 is 10.2 Å². The number of amides is 1. The standard InChI is InChI=1S/C21H25FN2O4/c1-15(25)24(12-10-16-5-7-18(8-6-16)21(27)28)23-11-9-20(26)14-17-3-2-4-19(22)13-17/h2-8,13,20,23,26H,9-12,14H2,1H3,(H,27,28). The van der Waals surface area contributed by atoms with Gasteiger partial charge in [-0.05, 0) is 54.7 Å². The molecule has 0 saturated carbocycles. The van der Waals surface area contributed by atoms with Gasteiger partial charge in [-0.3, -0.25) is 9.80 Å². The highest BCUT2D eigenvalue weighted by atomic mass is 19.1. The van der Waals surface area contributed by atoms with Crippen molar-refractivity contribution in [2.45, 2.75) is 32.3 Å². The molecule has 0 spiro atoms. The molecule has 0 radical (unpaired) electrons. The Hall–Kier alpha value is -2.77. The van der Waals surface area contributed by atoms with Crippen LogP contribution in [0, 0.1) is 5.82 Å².